The number of amides is 1. The maximum absolute atomic E-state index is 13.1. The number of phenolic OH excluding ortho intramolecular Hbond substituents is 2. The highest BCUT2D eigenvalue weighted by atomic mass is 35.5. The summed E-state index contributed by atoms with van der Waals surface area (Å²) in [6.07, 6.45) is 3.07. The van der Waals surface area contributed by atoms with Gasteiger partial charge in [-0.05, 0) is 42.0 Å². The zero-order chi connectivity index (χ0) is 28.2. The van der Waals surface area contributed by atoms with Crippen LogP contribution in [-0.2, 0) is 4.79 Å². The lowest BCUT2D eigenvalue weighted by Gasteiger charge is -2.35. The van der Waals surface area contributed by atoms with Crippen molar-refractivity contribution in [1.82, 2.24) is 10.1 Å². The van der Waals surface area contributed by atoms with Gasteiger partial charge in [-0.25, -0.2) is 0 Å². The van der Waals surface area contributed by atoms with Gasteiger partial charge in [-0.3, -0.25) is 4.79 Å². The number of aromatic hydroxyl groups is 2. The number of nitrogens with zero attached hydrogens (tertiary/aromatic N) is 3. The molecule has 0 aliphatic carbocycles. The number of benzene rings is 3. The first-order valence-electron chi connectivity index (χ1n) is 12.6. The van der Waals surface area contributed by atoms with Crippen molar-refractivity contribution >= 4 is 29.3 Å². The van der Waals surface area contributed by atoms with Crippen LogP contribution in [0.15, 0.2) is 71.3 Å². The molecule has 2 heterocycles. The summed E-state index contributed by atoms with van der Waals surface area (Å²) in [6.45, 7) is 2.52. The van der Waals surface area contributed by atoms with E-state index in [2.05, 4.69) is 10.1 Å². The van der Waals surface area contributed by atoms with Gasteiger partial charge in [0.25, 0.3) is 0 Å². The zero-order valence-electron chi connectivity index (χ0n) is 22.0. The van der Waals surface area contributed by atoms with Crippen LogP contribution in [0.4, 0.5) is 5.69 Å². The lowest BCUT2D eigenvalue weighted by Crippen LogP contribution is -2.48. The van der Waals surface area contributed by atoms with Crippen molar-refractivity contribution < 1.29 is 29.0 Å². The smallest absolute Gasteiger partial charge is 0.246 e. The van der Waals surface area contributed by atoms with E-state index in [1.165, 1.54) is 12.1 Å². The summed E-state index contributed by atoms with van der Waals surface area (Å²) in [5.74, 6) is 1.06. The Labute approximate surface area is 236 Å². The van der Waals surface area contributed by atoms with Gasteiger partial charge in [0.2, 0.25) is 5.91 Å². The Morgan fingerprint density at radius 2 is 1.68 bits per heavy atom. The maximum Gasteiger partial charge on any atom is 0.246 e. The second-order valence-electron chi connectivity index (χ2n) is 9.17. The van der Waals surface area contributed by atoms with E-state index in [9.17, 15) is 15.0 Å². The van der Waals surface area contributed by atoms with Crippen molar-refractivity contribution in [3.8, 4) is 45.4 Å². The topological polar surface area (TPSA) is 109 Å². The van der Waals surface area contributed by atoms with E-state index in [-0.39, 0.29) is 33.8 Å². The first-order valence-corrected chi connectivity index (χ1v) is 13.0. The van der Waals surface area contributed by atoms with Gasteiger partial charge in [-0.2, -0.15) is 0 Å². The van der Waals surface area contributed by atoms with Crippen LogP contribution in [0, 0.1) is 0 Å². The van der Waals surface area contributed by atoms with Gasteiger partial charge in [0.1, 0.15) is 28.7 Å². The van der Waals surface area contributed by atoms with Crippen LogP contribution in [-0.4, -0.2) is 66.6 Å². The normalized spacial score (nSPS) is 13.6. The highest BCUT2D eigenvalue weighted by Gasteiger charge is 2.24. The van der Waals surface area contributed by atoms with E-state index in [1.807, 2.05) is 36.4 Å². The molecule has 10 heteroatoms. The number of halogens is 1. The van der Waals surface area contributed by atoms with Crippen molar-refractivity contribution in [3.63, 3.8) is 0 Å². The number of hydrogen-bond acceptors (Lipinski definition) is 8. The average molecular weight is 562 g/mol. The second kappa shape index (κ2) is 11.6. The van der Waals surface area contributed by atoms with Gasteiger partial charge in [0.05, 0.1) is 30.4 Å². The third kappa shape index (κ3) is 5.55. The fourth-order valence-electron chi connectivity index (χ4n) is 4.62. The van der Waals surface area contributed by atoms with Gasteiger partial charge in [0, 0.05) is 50.1 Å². The van der Waals surface area contributed by atoms with Crippen LogP contribution in [0.3, 0.4) is 0 Å². The summed E-state index contributed by atoms with van der Waals surface area (Å²) in [4.78, 5) is 17.1. The summed E-state index contributed by atoms with van der Waals surface area (Å²) in [6, 6.07) is 17.6. The minimum Gasteiger partial charge on any atom is -0.507 e. The van der Waals surface area contributed by atoms with Crippen LogP contribution in [0.25, 0.3) is 28.5 Å². The fourth-order valence-corrected chi connectivity index (χ4v) is 4.78. The number of methoxy groups -OCH3 is 2. The third-order valence-corrected chi connectivity index (χ3v) is 7.10. The Kier molecular flexibility index (Phi) is 7.84. The Morgan fingerprint density at radius 1 is 0.950 bits per heavy atom. The van der Waals surface area contributed by atoms with E-state index in [1.54, 1.807) is 37.3 Å². The summed E-state index contributed by atoms with van der Waals surface area (Å²) >= 11 is 6.12. The van der Waals surface area contributed by atoms with Crippen LogP contribution in [0.1, 0.15) is 5.69 Å². The van der Waals surface area contributed by atoms with Gasteiger partial charge in [-0.15, -0.1) is 0 Å². The predicted octanol–water partition coefficient (Wildman–Crippen LogP) is 5.45. The molecule has 0 atom stereocenters. The summed E-state index contributed by atoms with van der Waals surface area (Å²) in [7, 11) is 3.22. The SMILES string of the molecule is COc1ccc(-c2c(/C=C/C(=O)N3CCN(c4cccc(OC)c4)CC3)noc2-c2cc(Cl)c(O)cc2O)cc1. The fraction of sp³-hybridized carbons (Fsp3) is 0.200. The van der Waals surface area contributed by atoms with Crippen LogP contribution >= 0.6 is 11.6 Å². The number of ether oxygens (including phenoxy) is 2. The molecule has 3 aromatic carbocycles. The summed E-state index contributed by atoms with van der Waals surface area (Å²) in [5.41, 5.74) is 2.97. The summed E-state index contributed by atoms with van der Waals surface area (Å²) < 4.78 is 16.3. The number of carbonyl (C=O) groups is 1. The molecule has 4 aromatic rings. The van der Waals surface area contributed by atoms with Crippen LogP contribution in [0.2, 0.25) is 5.02 Å². The molecule has 0 spiro atoms. The minimum atomic E-state index is -0.259. The Bertz CT molecular complexity index is 1540. The van der Waals surface area contributed by atoms with Gasteiger partial charge in [-0.1, -0.05) is 35.0 Å². The summed E-state index contributed by atoms with van der Waals surface area (Å²) in [5, 5.41) is 24.7. The molecule has 5 rings (SSSR count). The zero-order valence-corrected chi connectivity index (χ0v) is 22.8. The number of aromatic nitrogens is 1. The largest absolute Gasteiger partial charge is 0.507 e. The lowest BCUT2D eigenvalue weighted by atomic mass is 9.98. The highest BCUT2D eigenvalue weighted by molar-refractivity contribution is 6.32. The van der Waals surface area contributed by atoms with E-state index in [0.717, 1.165) is 23.1 Å². The first-order chi connectivity index (χ1) is 19.4. The molecule has 0 bridgehead atoms. The van der Waals surface area contributed by atoms with E-state index < -0.39 is 0 Å². The van der Waals surface area contributed by atoms with Gasteiger partial charge < -0.3 is 34.0 Å². The lowest BCUT2D eigenvalue weighted by molar-refractivity contribution is -0.126. The van der Waals surface area contributed by atoms with Crippen molar-refractivity contribution in [1.29, 1.82) is 0 Å². The Balaban J connectivity index is 1.39. The molecule has 2 N–H and O–H groups in total. The van der Waals surface area contributed by atoms with Crippen molar-refractivity contribution in [2.75, 3.05) is 45.3 Å². The first kappa shape index (κ1) is 27.0. The standard InChI is InChI=1S/C30H28ClN3O6/c1-38-21-8-6-19(7-9-21)29-25(32-40-30(29)23-17-24(31)27(36)18-26(23)35)10-11-28(37)34-14-12-33(13-15-34)20-4-3-5-22(16-20)39-2/h3-11,16-18,35-36H,12-15H2,1-2H3/b11-10+. The molecule has 0 radical (unpaired) electrons. The van der Waals surface area contributed by atoms with E-state index >= 15 is 0 Å². The number of rotatable bonds is 7. The molecule has 1 aliphatic heterocycles. The van der Waals surface area contributed by atoms with E-state index in [0.29, 0.717) is 43.2 Å². The molecule has 1 aromatic heterocycles. The Hall–Kier alpha value is -4.63. The van der Waals surface area contributed by atoms with Crippen LogP contribution < -0.4 is 14.4 Å². The monoisotopic (exact) mass is 561 g/mol. The van der Waals surface area contributed by atoms with Gasteiger partial charge >= 0.3 is 0 Å². The second-order valence-corrected chi connectivity index (χ2v) is 9.58. The van der Waals surface area contributed by atoms with Crippen LogP contribution in [0.5, 0.6) is 23.0 Å². The molecule has 0 saturated carbocycles. The quantitative estimate of drug-likeness (QED) is 0.287. The molecule has 0 unspecified atom stereocenters. The van der Waals surface area contributed by atoms with Crippen molar-refractivity contribution in [3.05, 3.63) is 77.5 Å². The molecule has 1 amide bonds. The number of phenols is 2. The molecular formula is C30H28ClN3O6. The molecule has 9 nitrogen and oxygen atoms in total. The number of anilines is 1. The van der Waals surface area contributed by atoms with Crippen molar-refractivity contribution in [2.24, 2.45) is 0 Å². The Morgan fingerprint density at radius 3 is 2.38 bits per heavy atom. The number of piperazine rings is 1. The molecule has 206 valence electrons. The van der Waals surface area contributed by atoms with Crippen molar-refractivity contribution in [2.45, 2.75) is 0 Å². The third-order valence-electron chi connectivity index (χ3n) is 6.80. The number of carbonyl (C=O) groups excluding carboxylic acids is 1. The maximum atomic E-state index is 13.1. The molecule has 1 saturated heterocycles. The predicted molar refractivity (Wildman–Crippen MR) is 153 cm³/mol. The molecule has 40 heavy (non-hydrogen) atoms. The molecular weight excluding hydrogens is 534 g/mol. The van der Waals surface area contributed by atoms with E-state index in [4.69, 9.17) is 25.6 Å². The molecule has 1 aliphatic rings. The molecule has 1 fully saturated rings. The van der Waals surface area contributed by atoms with Gasteiger partial charge in [0.15, 0.2) is 5.76 Å². The minimum absolute atomic E-state index is 0.0465. The highest BCUT2D eigenvalue weighted by Crippen LogP contribution is 2.43. The number of hydrogen-bond donors (Lipinski definition) is 2. The average Bonchev–Trinajstić information content (AvgIpc) is 3.41.